The lowest BCUT2D eigenvalue weighted by Gasteiger charge is -2.36. The monoisotopic (exact) mass is 403 g/mol. The minimum absolute atomic E-state index is 0.0495. The Labute approximate surface area is 175 Å². The summed E-state index contributed by atoms with van der Waals surface area (Å²) in [5.74, 6) is 0.0441. The van der Waals surface area contributed by atoms with Crippen LogP contribution < -0.4 is 4.90 Å². The maximum atomic E-state index is 13.2. The molecule has 7 heteroatoms. The van der Waals surface area contributed by atoms with Gasteiger partial charge in [-0.05, 0) is 24.0 Å². The summed E-state index contributed by atoms with van der Waals surface area (Å²) in [6.45, 7) is 7.06. The summed E-state index contributed by atoms with van der Waals surface area (Å²) in [7, 11) is 0. The largest absolute Gasteiger partial charge is 0.368 e. The highest BCUT2D eigenvalue weighted by atomic mass is 16.2. The Hall–Kier alpha value is -3.22. The summed E-state index contributed by atoms with van der Waals surface area (Å²) in [6.07, 6.45) is 4.46. The smallest absolute Gasteiger partial charge is 0.259 e. The fourth-order valence-corrected chi connectivity index (χ4v) is 4.55. The molecule has 30 heavy (non-hydrogen) atoms. The van der Waals surface area contributed by atoms with Gasteiger partial charge in [0.05, 0.1) is 17.5 Å². The first-order valence-electron chi connectivity index (χ1n) is 10.4. The third-order valence-electron chi connectivity index (χ3n) is 6.13. The molecule has 0 spiro atoms. The Balaban J connectivity index is 1.40. The zero-order chi connectivity index (χ0) is 20.9. The Morgan fingerprint density at radius 1 is 1.00 bits per heavy atom. The SMILES string of the molecule is CC1(C)CC(=O)c2cnc3c(C(=O)N4CCN(c5ccccc5)CC4)cnn3c2C1. The fourth-order valence-electron chi connectivity index (χ4n) is 4.55. The number of amides is 1. The van der Waals surface area contributed by atoms with Crippen molar-refractivity contribution in [3.8, 4) is 0 Å². The molecule has 3 heterocycles. The first kappa shape index (κ1) is 18.8. The van der Waals surface area contributed by atoms with Gasteiger partial charge in [-0.1, -0.05) is 32.0 Å². The molecule has 1 aromatic carbocycles. The van der Waals surface area contributed by atoms with E-state index in [1.807, 2.05) is 23.1 Å². The number of carbonyl (C=O) groups is 2. The molecule has 2 aromatic heterocycles. The van der Waals surface area contributed by atoms with Gasteiger partial charge >= 0.3 is 0 Å². The van der Waals surface area contributed by atoms with Gasteiger partial charge in [-0.15, -0.1) is 0 Å². The molecule has 1 aliphatic carbocycles. The number of rotatable bonds is 2. The predicted octanol–water partition coefficient (Wildman–Crippen LogP) is 2.85. The molecule has 0 unspecified atom stereocenters. The van der Waals surface area contributed by atoms with E-state index in [-0.39, 0.29) is 17.1 Å². The van der Waals surface area contributed by atoms with Gasteiger partial charge in [0.1, 0.15) is 5.56 Å². The first-order chi connectivity index (χ1) is 14.4. The van der Waals surface area contributed by atoms with Crippen LogP contribution in [0.15, 0.2) is 42.7 Å². The zero-order valence-corrected chi connectivity index (χ0v) is 17.3. The number of carbonyl (C=O) groups excluding carboxylic acids is 2. The molecule has 1 fully saturated rings. The van der Waals surface area contributed by atoms with Crippen LogP contribution >= 0.6 is 0 Å². The van der Waals surface area contributed by atoms with Gasteiger partial charge in [0.25, 0.3) is 5.91 Å². The molecule has 3 aromatic rings. The predicted molar refractivity (Wildman–Crippen MR) is 114 cm³/mol. The van der Waals surface area contributed by atoms with E-state index in [2.05, 4.69) is 41.0 Å². The third-order valence-corrected chi connectivity index (χ3v) is 6.13. The van der Waals surface area contributed by atoms with E-state index in [0.717, 1.165) is 25.2 Å². The number of benzene rings is 1. The lowest BCUT2D eigenvalue weighted by molar-refractivity contribution is 0.0748. The summed E-state index contributed by atoms with van der Waals surface area (Å²) in [5, 5.41) is 4.45. The molecule has 0 atom stereocenters. The van der Waals surface area contributed by atoms with Crippen molar-refractivity contribution in [1.29, 1.82) is 0 Å². The maximum absolute atomic E-state index is 13.2. The lowest BCUT2D eigenvalue weighted by atomic mass is 9.76. The van der Waals surface area contributed by atoms with Crippen LogP contribution in [-0.4, -0.2) is 57.4 Å². The van der Waals surface area contributed by atoms with Crippen LogP contribution in [0.3, 0.4) is 0 Å². The van der Waals surface area contributed by atoms with Crippen LogP contribution in [0.5, 0.6) is 0 Å². The van der Waals surface area contributed by atoms with Gasteiger partial charge in [0.2, 0.25) is 0 Å². The number of fused-ring (bicyclic) bond motifs is 3. The number of para-hydroxylation sites is 1. The van der Waals surface area contributed by atoms with Crippen molar-refractivity contribution in [2.24, 2.45) is 5.41 Å². The Kier molecular flexibility index (Phi) is 4.34. The second-order valence-electron chi connectivity index (χ2n) is 8.97. The Bertz CT molecular complexity index is 1130. The van der Waals surface area contributed by atoms with Crippen LogP contribution in [0.25, 0.3) is 5.65 Å². The molecule has 1 aliphatic heterocycles. The molecular weight excluding hydrogens is 378 g/mol. The molecule has 2 aliphatic rings. The average Bonchev–Trinajstić information content (AvgIpc) is 3.18. The highest BCUT2D eigenvalue weighted by Gasteiger charge is 2.34. The molecule has 0 bridgehead atoms. The standard InChI is InChI=1S/C23H25N5O2/c1-23(2)12-19-17(20(29)13-23)14-24-21-18(15-25-28(19)21)22(30)27-10-8-26(9-11-27)16-6-4-3-5-7-16/h3-7,14-15H,8-13H2,1-2H3. The van der Waals surface area contributed by atoms with Crippen LogP contribution in [0.2, 0.25) is 0 Å². The summed E-state index contributed by atoms with van der Waals surface area (Å²) in [5.41, 5.74) is 3.58. The van der Waals surface area contributed by atoms with Crippen molar-refractivity contribution >= 4 is 23.0 Å². The number of aromatic nitrogens is 3. The number of hydrogen-bond acceptors (Lipinski definition) is 5. The average molecular weight is 403 g/mol. The number of Topliss-reactive ketones (excluding diaryl/α,β-unsaturated/α-hetero) is 1. The summed E-state index contributed by atoms with van der Waals surface area (Å²) >= 11 is 0. The van der Waals surface area contributed by atoms with Crippen molar-refractivity contribution in [1.82, 2.24) is 19.5 Å². The van der Waals surface area contributed by atoms with E-state index < -0.39 is 0 Å². The molecule has 1 amide bonds. The van der Waals surface area contributed by atoms with Gasteiger partial charge in [-0.3, -0.25) is 9.59 Å². The Morgan fingerprint density at radius 3 is 2.47 bits per heavy atom. The lowest BCUT2D eigenvalue weighted by Crippen LogP contribution is -2.48. The Morgan fingerprint density at radius 2 is 1.73 bits per heavy atom. The fraction of sp³-hybridized carbons (Fsp3) is 0.391. The van der Waals surface area contributed by atoms with Crippen LogP contribution in [0, 0.1) is 5.41 Å². The van der Waals surface area contributed by atoms with Crippen molar-refractivity contribution < 1.29 is 9.59 Å². The normalized spacial score (nSPS) is 18.5. The molecular formula is C23H25N5O2. The van der Waals surface area contributed by atoms with Gasteiger partial charge in [-0.25, -0.2) is 9.50 Å². The van der Waals surface area contributed by atoms with Crippen LogP contribution in [0.1, 0.15) is 46.7 Å². The van der Waals surface area contributed by atoms with Gasteiger partial charge in [-0.2, -0.15) is 5.10 Å². The van der Waals surface area contributed by atoms with E-state index >= 15 is 0 Å². The second kappa shape index (κ2) is 6.93. The molecule has 0 radical (unpaired) electrons. The number of ketones is 1. The number of hydrogen-bond donors (Lipinski definition) is 0. The van der Waals surface area contributed by atoms with Crippen molar-refractivity contribution in [3.05, 3.63) is 59.5 Å². The summed E-state index contributed by atoms with van der Waals surface area (Å²) in [4.78, 5) is 34.4. The van der Waals surface area contributed by atoms with Crippen molar-refractivity contribution in [2.75, 3.05) is 31.1 Å². The molecule has 5 rings (SSSR count). The van der Waals surface area contributed by atoms with Gasteiger partial charge < -0.3 is 9.80 Å². The third kappa shape index (κ3) is 3.14. The molecule has 154 valence electrons. The number of piperazine rings is 1. The van der Waals surface area contributed by atoms with Crippen molar-refractivity contribution in [3.63, 3.8) is 0 Å². The van der Waals surface area contributed by atoms with Gasteiger partial charge in [0.15, 0.2) is 11.4 Å². The van der Waals surface area contributed by atoms with Crippen molar-refractivity contribution in [2.45, 2.75) is 26.7 Å². The molecule has 0 N–H and O–H groups in total. The minimum atomic E-state index is -0.123. The van der Waals surface area contributed by atoms with E-state index in [4.69, 9.17) is 0 Å². The number of anilines is 1. The van der Waals surface area contributed by atoms with E-state index in [9.17, 15) is 9.59 Å². The maximum Gasteiger partial charge on any atom is 0.259 e. The van der Waals surface area contributed by atoms with E-state index in [1.165, 1.54) is 5.69 Å². The molecule has 1 saturated heterocycles. The van der Waals surface area contributed by atoms with Crippen LogP contribution in [0.4, 0.5) is 5.69 Å². The second-order valence-corrected chi connectivity index (χ2v) is 8.97. The highest BCUT2D eigenvalue weighted by Crippen LogP contribution is 2.34. The first-order valence-corrected chi connectivity index (χ1v) is 10.4. The zero-order valence-electron chi connectivity index (χ0n) is 17.3. The van der Waals surface area contributed by atoms with Crippen LogP contribution in [-0.2, 0) is 6.42 Å². The summed E-state index contributed by atoms with van der Waals surface area (Å²) < 4.78 is 1.70. The van der Waals surface area contributed by atoms with Gasteiger partial charge in [0, 0.05) is 44.5 Å². The molecule has 0 saturated carbocycles. The summed E-state index contributed by atoms with van der Waals surface area (Å²) in [6, 6.07) is 10.3. The quantitative estimate of drug-likeness (QED) is 0.658. The number of nitrogens with zero attached hydrogens (tertiary/aromatic N) is 5. The topological polar surface area (TPSA) is 70.8 Å². The van der Waals surface area contributed by atoms with E-state index in [0.29, 0.717) is 36.3 Å². The van der Waals surface area contributed by atoms with E-state index in [1.54, 1.807) is 16.9 Å². The highest BCUT2D eigenvalue weighted by molar-refractivity contribution is 6.01. The molecule has 7 nitrogen and oxygen atoms in total. The minimum Gasteiger partial charge on any atom is -0.368 e.